The molecule has 0 bridgehead atoms. The van der Waals surface area contributed by atoms with Crippen LogP contribution in [0.3, 0.4) is 0 Å². The summed E-state index contributed by atoms with van der Waals surface area (Å²) in [6.45, 7) is 2.77. The van der Waals surface area contributed by atoms with Gasteiger partial charge < -0.3 is 10.4 Å². The standard InChI is InChI=1S/C21H24FN3O3S2/c1-13(14-5-3-2-4-6-14)7-8-23-15-9-16-18(29-12-15)10-17(26)21(20(16)22)25-11-19(27)24-30(25)28/h2-6,10,13,15,23,26H,7-9,11-12H2,1H3,(H,24,27). The predicted molar refractivity (Wildman–Crippen MR) is 117 cm³/mol. The molecule has 2 aliphatic heterocycles. The molecule has 1 fully saturated rings. The minimum atomic E-state index is -1.89. The van der Waals surface area contributed by atoms with Crippen LogP contribution in [-0.2, 0) is 22.4 Å². The van der Waals surface area contributed by atoms with E-state index in [1.807, 2.05) is 18.2 Å². The predicted octanol–water partition coefficient (Wildman–Crippen LogP) is 2.85. The molecule has 6 nitrogen and oxygen atoms in total. The number of aromatic hydroxyl groups is 1. The van der Waals surface area contributed by atoms with Crippen molar-refractivity contribution in [3.63, 3.8) is 0 Å². The number of nitrogens with zero attached hydrogens (tertiary/aromatic N) is 1. The van der Waals surface area contributed by atoms with E-state index in [2.05, 4.69) is 29.1 Å². The van der Waals surface area contributed by atoms with Crippen molar-refractivity contribution in [3.05, 3.63) is 53.3 Å². The van der Waals surface area contributed by atoms with E-state index in [0.717, 1.165) is 23.0 Å². The summed E-state index contributed by atoms with van der Waals surface area (Å²) in [7, 11) is 0. The smallest absolute Gasteiger partial charge is 0.253 e. The van der Waals surface area contributed by atoms with Crippen molar-refractivity contribution >= 4 is 34.5 Å². The fraction of sp³-hybridized carbons (Fsp3) is 0.381. The molecule has 3 N–H and O–H groups in total. The Morgan fingerprint density at radius 1 is 1.40 bits per heavy atom. The quantitative estimate of drug-likeness (QED) is 0.632. The van der Waals surface area contributed by atoms with Crippen molar-refractivity contribution in [2.24, 2.45) is 0 Å². The summed E-state index contributed by atoms with van der Waals surface area (Å²) in [4.78, 5) is 12.2. The Bertz CT molecular complexity index is 974. The van der Waals surface area contributed by atoms with E-state index in [0.29, 0.717) is 22.8 Å². The average molecular weight is 450 g/mol. The van der Waals surface area contributed by atoms with E-state index >= 15 is 4.39 Å². The number of amides is 1. The zero-order valence-electron chi connectivity index (χ0n) is 16.6. The van der Waals surface area contributed by atoms with Crippen molar-refractivity contribution in [3.8, 4) is 5.75 Å². The fourth-order valence-electron chi connectivity index (χ4n) is 3.81. The lowest BCUT2D eigenvalue weighted by Gasteiger charge is -2.28. The highest BCUT2D eigenvalue weighted by Gasteiger charge is 2.34. The first-order valence-corrected chi connectivity index (χ1v) is 12.0. The lowest BCUT2D eigenvalue weighted by molar-refractivity contribution is -0.117. The highest BCUT2D eigenvalue weighted by atomic mass is 32.2. The second-order valence-corrected chi connectivity index (χ2v) is 9.82. The van der Waals surface area contributed by atoms with E-state index < -0.39 is 22.9 Å². The van der Waals surface area contributed by atoms with E-state index in [1.54, 1.807) is 0 Å². The fourth-order valence-corrected chi connectivity index (χ4v) is 5.92. The van der Waals surface area contributed by atoms with Gasteiger partial charge in [-0.15, -0.1) is 11.8 Å². The summed E-state index contributed by atoms with van der Waals surface area (Å²) < 4.78 is 30.6. The number of phenols is 1. The summed E-state index contributed by atoms with van der Waals surface area (Å²) in [5.74, 6) is -0.164. The van der Waals surface area contributed by atoms with Crippen molar-refractivity contribution in [2.45, 2.75) is 36.6 Å². The number of anilines is 1. The Morgan fingerprint density at radius 2 is 2.17 bits per heavy atom. The minimum Gasteiger partial charge on any atom is -0.506 e. The first kappa shape index (κ1) is 21.1. The average Bonchev–Trinajstić information content (AvgIpc) is 3.06. The van der Waals surface area contributed by atoms with Crippen LogP contribution in [0.5, 0.6) is 5.75 Å². The maximum Gasteiger partial charge on any atom is 0.253 e. The molecular formula is C21H24FN3O3S2. The van der Waals surface area contributed by atoms with Gasteiger partial charge in [-0.2, -0.15) is 0 Å². The van der Waals surface area contributed by atoms with Gasteiger partial charge in [-0.25, -0.2) is 8.60 Å². The maximum absolute atomic E-state index is 15.3. The first-order valence-electron chi connectivity index (χ1n) is 9.88. The van der Waals surface area contributed by atoms with Crippen LogP contribution >= 0.6 is 11.8 Å². The van der Waals surface area contributed by atoms with Gasteiger partial charge in [0.15, 0.2) is 5.82 Å². The largest absolute Gasteiger partial charge is 0.506 e. The molecule has 4 rings (SSSR count). The third-order valence-corrected chi connectivity index (χ3v) is 7.85. The van der Waals surface area contributed by atoms with E-state index in [9.17, 15) is 14.1 Å². The maximum atomic E-state index is 15.3. The van der Waals surface area contributed by atoms with Crippen LogP contribution in [0.15, 0.2) is 41.3 Å². The molecule has 1 amide bonds. The number of thioether (sulfide) groups is 1. The normalized spacial score (nSPS) is 21.9. The van der Waals surface area contributed by atoms with Gasteiger partial charge in [-0.1, -0.05) is 37.3 Å². The second-order valence-electron chi connectivity index (χ2n) is 7.61. The number of carbonyl (C=O) groups is 1. The number of hydrogen-bond acceptors (Lipinski definition) is 5. The third-order valence-electron chi connectivity index (χ3n) is 5.49. The molecule has 0 aromatic heterocycles. The van der Waals surface area contributed by atoms with E-state index in [4.69, 9.17) is 0 Å². The van der Waals surface area contributed by atoms with E-state index in [1.165, 1.54) is 23.4 Å². The molecule has 0 radical (unpaired) electrons. The number of rotatable bonds is 6. The number of fused-ring (bicyclic) bond motifs is 1. The molecule has 2 aliphatic rings. The van der Waals surface area contributed by atoms with Gasteiger partial charge in [0, 0.05) is 22.3 Å². The Balaban J connectivity index is 1.43. The van der Waals surface area contributed by atoms with Gasteiger partial charge in [0.25, 0.3) is 5.91 Å². The van der Waals surface area contributed by atoms with Crippen molar-refractivity contribution in [1.29, 1.82) is 0 Å². The molecule has 160 valence electrons. The van der Waals surface area contributed by atoms with Crippen LogP contribution in [0.25, 0.3) is 0 Å². The number of phenolic OH excluding ortho intramolecular Hbond substituents is 1. The van der Waals surface area contributed by atoms with Gasteiger partial charge in [0.05, 0.1) is 0 Å². The molecule has 2 aromatic rings. The lowest BCUT2D eigenvalue weighted by atomic mass is 9.97. The van der Waals surface area contributed by atoms with Gasteiger partial charge in [0.1, 0.15) is 18.0 Å². The number of carbonyl (C=O) groups excluding carboxylic acids is 1. The summed E-state index contributed by atoms with van der Waals surface area (Å²) in [5.41, 5.74) is 1.61. The zero-order chi connectivity index (χ0) is 21.3. The monoisotopic (exact) mass is 449 g/mol. The minimum absolute atomic E-state index is 0.0983. The molecular weight excluding hydrogens is 425 g/mol. The molecule has 1 saturated heterocycles. The molecule has 0 spiro atoms. The number of hydrogen-bond donors (Lipinski definition) is 3. The van der Waals surface area contributed by atoms with Crippen LogP contribution in [0.4, 0.5) is 10.1 Å². The Morgan fingerprint density at radius 3 is 2.87 bits per heavy atom. The van der Waals surface area contributed by atoms with Crippen LogP contribution in [0.2, 0.25) is 0 Å². The van der Waals surface area contributed by atoms with Gasteiger partial charge in [-0.3, -0.25) is 13.8 Å². The molecule has 2 heterocycles. The highest BCUT2D eigenvalue weighted by Crippen LogP contribution is 2.42. The summed E-state index contributed by atoms with van der Waals surface area (Å²) >= 11 is -0.395. The van der Waals surface area contributed by atoms with Crippen LogP contribution in [-0.4, -0.2) is 40.1 Å². The highest BCUT2D eigenvalue weighted by molar-refractivity contribution is 7.99. The van der Waals surface area contributed by atoms with Crippen molar-refractivity contribution in [2.75, 3.05) is 23.1 Å². The molecule has 0 aliphatic carbocycles. The molecule has 2 aromatic carbocycles. The zero-order valence-corrected chi connectivity index (χ0v) is 18.2. The molecule has 30 heavy (non-hydrogen) atoms. The molecule has 3 atom stereocenters. The summed E-state index contributed by atoms with van der Waals surface area (Å²) in [6, 6.07) is 12.0. The second kappa shape index (κ2) is 8.95. The van der Waals surface area contributed by atoms with E-state index in [-0.39, 0.29) is 24.0 Å². The van der Waals surface area contributed by atoms with Crippen LogP contribution in [0, 0.1) is 5.82 Å². The number of nitrogens with one attached hydrogen (secondary N) is 2. The van der Waals surface area contributed by atoms with Gasteiger partial charge in [0.2, 0.25) is 11.2 Å². The Hall–Kier alpha value is -2.10. The molecule has 3 unspecified atom stereocenters. The Kier molecular flexibility index (Phi) is 6.31. The Labute approximate surface area is 182 Å². The lowest BCUT2D eigenvalue weighted by Crippen LogP contribution is -2.37. The number of halogens is 1. The van der Waals surface area contributed by atoms with Crippen LogP contribution < -0.4 is 14.3 Å². The van der Waals surface area contributed by atoms with Crippen molar-refractivity contribution in [1.82, 2.24) is 10.0 Å². The van der Waals surface area contributed by atoms with Gasteiger partial charge in [-0.05, 0) is 36.9 Å². The summed E-state index contributed by atoms with van der Waals surface area (Å²) in [6.07, 6.45) is 1.45. The number of benzene rings is 2. The topological polar surface area (TPSA) is 81.7 Å². The molecule has 9 heteroatoms. The first-order chi connectivity index (χ1) is 14.4. The van der Waals surface area contributed by atoms with Crippen molar-refractivity contribution < 1.29 is 18.5 Å². The van der Waals surface area contributed by atoms with Crippen LogP contribution in [0.1, 0.15) is 30.4 Å². The van der Waals surface area contributed by atoms with Gasteiger partial charge >= 0.3 is 0 Å². The SMILES string of the molecule is CC(CCNC1CSc2cc(O)c(N3CC(=O)NS3=O)c(F)c2C1)c1ccccc1. The molecule has 0 saturated carbocycles. The summed E-state index contributed by atoms with van der Waals surface area (Å²) in [5, 5.41) is 13.8. The third kappa shape index (κ3) is 4.33.